The Morgan fingerprint density at radius 3 is 3.07 bits per heavy atom. The van der Waals surface area contributed by atoms with E-state index in [0.717, 1.165) is 25.2 Å². The zero-order valence-corrected chi connectivity index (χ0v) is 8.69. The van der Waals surface area contributed by atoms with Crippen molar-refractivity contribution >= 4 is 0 Å². The molecule has 0 amide bonds. The summed E-state index contributed by atoms with van der Waals surface area (Å²) in [5.41, 5.74) is 0.898. The number of nitrogens with zero attached hydrogens (tertiary/aromatic N) is 1. The number of furan rings is 1. The van der Waals surface area contributed by atoms with Gasteiger partial charge in [-0.25, -0.2) is 0 Å². The molecular weight excluding hydrogens is 192 g/mol. The second-order valence-electron chi connectivity index (χ2n) is 3.34. The highest BCUT2D eigenvalue weighted by Gasteiger charge is 2.07. The zero-order valence-electron chi connectivity index (χ0n) is 8.69. The molecule has 0 fully saturated rings. The first-order valence-electron chi connectivity index (χ1n) is 5.10. The van der Waals surface area contributed by atoms with Crippen molar-refractivity contribution < 1.29 is 8.94 Å². The Bertz CT molecular complexity index is 392. The van der Waals surface area contributed by atoms with Crippen LogP contribution in [0.15, 0.2) is 33.4 Å². The topological polar surface area (TPSA) is 51.2 Å². The van der Waals surface area contributed by atoms with Crippen molar-refractivity contribution in [2.24, 2.45) is 0 Å². The van der Waals surface area contributed by atoms with Crippen LogP contribution < -0.4 is 5.32 Å². The Morgan fingerprint density at radius 1 is 1.40 bits per heavy atom. The van der Waals surface area contributed by atoms with Crippen molar-refractivity contribution in [2.45, 2.75) is 19.9 Å². The minimum atomic E-state index is 0.674. The molecule has 15 heavy (non-hydrogen) atoms. The molecule has 0 bridgehead atoms. The van der Waals surface area contributed by atoms with Gasteiger partial charge in [0.25, 0.3) is 0 Å². The highest BCUT2D eigenvalue weighted by molar-refractivity contribution is 5.49. The van der Waals surface area contributed by atoms with Crippen LogP contribution >= 0.6 is 0 Å². The van der Waals surface area contributed by atoms with E-state index in [0.29, 0.717) is 11.5 Å². The van der Waals surface area contributed by atoms with E-state index in [-0.39, 0.29) is 0 Å². The van der Waals surface area contributed by atoms with E-state index >= 15 is 0 Å². The summed E-state index contributed by atoms with van der Waals surface area (Å²) in [5.74, 6) is 1.39. The third-order valence-corrected chi connectivity index (χ3v) is 2.06. The van der Waals surface area contributed by atoms with Gasteiger partial charge in [0.15, 0.2) is 5.76 Å². The van der Waals surface area contributed by atoms with Crippen molar-refractivity contribution in [3.63, 3.8) is 0 Å². The predicted molar refractivity (Wildman–Crippen MR) is 56.2 cm³/mol. The van der Waals surface area contributed by atoms with Gasteiger partial charge in [0.2, 0.25) is 5.76 Å². The number of hydrogen-bond acceptors (Lipinski definition) is 4. The number of nitrogens with one attached hydrogen (secondary N) is 1. The van der Waals surface area contributed by atoms with Crippen molar-refractivity contribution in [1.82, 2.24) is 10.5 Å². The zero-order chi connectivity index (χ0) is 10.5. The van der Waals surface area contributed by atoms with Gasteiger partial charge >= 0.3 is 0 Å². The third kappa shape index (κ3) is 2.47. The minimum absolute atomic E-state index is 0.674. The molecule has 0 saturated heterocycles. The van der Waals surface area contributed by atoms with Gasteiger partial charge in [0.1, 0.15) is 0 Å². The van der Waals surface area contributed by atoms with E-state index in [1.807, 2.05) is 18.2 Å². The second-order valence-corrected chi connectivity index (χ2v) is 3.34. The summed E-state index contributed by atoms with van der Waals surface area (Å²) in [4.78, 5) is 0. The SMILES string of the molecule is CCCNCc1cc(-c2ccco2)on1. The minimum Gasteiger partial charge on any atom is -0.461 e. The van der Waals surface area contributed by atoms with Crippen LogP contribution in [0.4, 0.5) is 0 Å². The second kappa shape index (κ2) is 4.79. The van der Waals surface area contributed by atoms with Crippen LogP contribution in [0.1, 0.15) is 19.0 Å². The maximum absolute atomic E-state index is 5.20. The molecule has 0 aliphatic rings. The first kappa shape index (κ1) is 9.98. The lowest BCUT2D eigenvalue weighted by molar-refractivity contribution is 0.408. The quantitative estimate of drug-likeness (QED) is 0.763. The van der Waals surface area contributed by atoms with Crippen LogP contribution in [0.5, 0.6) is 0 Å². The van der Waals surface area contributed by atoms with E-state index in [9.17, 15) is 0 Å². The molecule has 80 valence electrons. The maximum Gasteiger partial charge on any atom is 0.202 e. The molecule has 1 N–H and O–H groups in total. The molecule has 2 aromatic heterocycles. The summed E-state index contributed by atoms with van der Waals surface area (Å²) in [6, 6.07) is 5.57. The molecule has 0 radical (unpaired) electrons. The van der Waals surface area contributed by atoms with Gasteiger partial charge in [-0.1, -0.05) is 12.1 Å². The van der Waals surface area contributed by atoms with Crippen molar-refractivity contribution in [2.75, 3.05) is 6.54 Å². The Labute approximate surface area is 88.3 Å². The van der Waals surface area contributed by atoms with Crippen LogP contribution in [-0.2, 0) is 6.54 Å². The molecule has 0 aliphatic heterocycles. The average Bonchev–Trinajstić information content (AvgIpc) is 2.87. The summed E-state index contributed by atoms with van der Waals surface area (Å²) in [6.07, 6.45) is 2.73. The standard InChI is InChI=1S/C11H14N2O2/c1-2-5-12-8-9-7-11(15-13-9)10-4-3-6-14-10/h3-4,6-7,12H,2,5,8H2,1H3. The van der Waals surface area contributed by atoms with E-state index in [1.165, 1.54) is 0 Å². The summed E-state index contributed by atoms with van der Waals surface area (Å²) < 4.78 is 10.4. The van der Waals surface area contributed by atoms with Gasteiger partial charge in [-0.2, -0.15) is 0 Å². The number of rotatable bonds is 5. The summed E-state index contributed by atoms with van der Waals surface area (Å²) >= 11 is 0. The molecule has 0 aliphatic carbocycles. The molecule has 2 aromatic rings. The molecular formula is C11H14N2O2. The lowest BCUT2D eigenvalue weighted by Gasteiger charge is -1.96. The first-order valence-corrected chi connectivity index (χ1v) is 5.10. The summed E-state index contributed by atoms with van der Waals surface area (Å²) in [7, 11) is 0. The van der Waals surface area contributed by atoms with Crippen LogP contribution in [0.3, 0.4) is 0 Å². The van der Waals surface area contributed by atoms with Crippen LogP contribution in [0.25, 0.3) is 11.5 Å². The van der Waals surface area contributed by atoms with E-state index < -0.39 is 0 Å². The fourth-order valence-electron chi connectivity index (χ4n) is 1.32. The predicted octanol–water partition coefficient (Wildman–Crippen LogP) is 2.43. The summed E-state index contributed by atoms with van der Waals surface area (Å²) in [5, 5.41) is 7.20. The summed E-state index contributed by atoms with van der Waals surface area (Å²) in [6.45, 7) is 3.85. The van der Waals surface area contributed by atoms with Gasteiger partial charge in [-0.15, -0.1) is 0 Å². The van der Waals surface area contributed by atoms with E-state index in [4.69, 9.17) is 8.94 Å². The Balaban J connectivity index is 1.98. The Hall–Kier alpha value is -1.55. The smallest absolute Gasteiger partial charge is 0.202 e. The monoisotopic (exact) mass is 206 g/mol. The van der Waals surface area contributed by atoms with Gasteiger partial charge in [0.05, 0.1) is 12.0 Å². The van der Waals surface area contributed by atoms with E-state index in [2.05, 4.69) is 17.4 Å². The normalized spacial score (nSPS) is 10.7. The average molecular weight is 206 g/mol. The molecule has 0 aromatic carbocycles. The van der Waals surface area contributed by atoms with Crippen molar-refractivity contribution in [3.05, 3.63) is 30.2 Å². The molecule has 0 atom stereocenters. The molecule has 0 spiro atoms. The van der Waals surface area contributed by atoms with Gasteiger partial charge in [-0.3, -0.25) is 0 Å². The third-order valence-electron chi connectivity index (χ3n) is 2.06. The molecule has 0 saturated carbocycles. The Kier molecular flexibility index (Phi) is 3.19. The largest absolute Gasteiger partial charge is 0.461 e. The first-order chi connectivity index (χ1) is 7.40. The van der Waals surface area contributed by atoms with Gasteiger partial charge in [-0.05, 0) is 25.1 Å². The Morgan fingerprint density at radius 2 is 2.33 bits per heavy atom. The highest BCUT2D eigenvalue weighted by atomic mass is 16.5. The van der Waals surface area contributed by atoms with Gasteiger partial charge < -0.3 is 14.3 Å². The van der Waals surface area contributed by atoms with Crippen LogP contribution in [0.2, 0.25) is 0 Å². The molecule has 2 heterocycles. The fraction of sp³-hybridized carbons (Fsp3) is 0.364. The highest BCUT2D eigenvalue weighted by Crippen LogP contribution is 2.20. The number of hydrogen-bond donors (Lipinski definition) is 1. The fourth-order valence-corrected chi connectivity index (χ4v) is 1.32. The number of aromatic nitrogens is 1. The molecule has 2 rings (SSSR count). The lowest BCUT2D eigenvalue weighted by atomic mass is 10.3. The molecule has 0 unspecified atom stereocenters. The van der Waals surface area contributed by atoms with Crippen molar-refractivity contribution in [1.29, 1.82) is 0 Å². The van der Waals surface area contributed by atoms with Gasteiger partial charge in [0, 0.05) is 12.6 Å². The van der Waals surface area contributed by atoms with Crippen molar-refractivity contribution in [3.8, 4) is 11.5 Å². The molecule has 4 nitrogen and oxygen atoms in total. The molecule has 4 heteroatoms. The maximum atomic E-state index is 5.20. The lowest BCUT2D eigenvalue weighted by Crippen LogP contribution is -2.13. The van der Waals surface area contributed by atoms with Crippen LogP contribution in [0, 0.1) is 0 Å². The van der Waals surface area contributed by atoms with E-state index in [1.54, 1.807) is 6.26 Å². The van der Waals surface area contributed by atoms with Crippen LogP contribution in [-0.4, -0.2) is 11.7 Å².